The molecule has 15 heteroatoms. The van der Waals surface area contributed by atoms with Crippen molar-refractivity contribution >= 4 is 81.2 Å². The second-order valence-corrected chi connectivity index (χ2v) is 15.2. The Bertz CT molecular complexity index is 2530. The van der Waals surface area contributed by atoms with Crippen molar-refractivity contribution < 1.29 is 18.4 Å². The Morgan fingerprint density at radius 1 is 0.717 bits per heavy atom. The molecule has 8 rings (SSSR count). The first-order chi connectivity index (χ1) is 29.2. The molecule has 1 saturated heterocycles. The maximum Gasteiger partial charge on any atom is 0.306 e. The molecule has 60 heavy (non-hydrogen) atoms. The number of nitrogens with zero attached hydrogens (tertiary/aromatic N) is 7. The van der Waals surface area contributed by atoms with Crippen molar-refractivity contribution in [2.24, 2.45) is 0 Å². The van der Waals surface area contributed by atoms with Crippen molar-refractivity contribution in [1.82, 2.24) is 24.8 Å². The maximum atomic E-state index is 15.0. The molecule has 0 radical (unpaired) electrons. The number of aryl methyl sites for hydroxylation is 2. The van der Waals surface area contributed by atoms with E-state index < -0.39 is 12.0 Å². The van der Waals surface area contributed by atoms with Crippen LogP contribution in [-0.2, 0) is 9.59 Å². The summed E-state index contributed by atoms with van der Waals surface area (Å²) in [7, 11) is 0. The largest absolute Gasteiger partial charge is 0.432 e. The number of hydrogen-bond donors (Lipinski definition) is 2. The van der Waals surface area contributed by atoms with Crippen LogP contribution in [0.2, 0.25) is 10.0 Å². The number of rotatable bonds is 14. The van der Waals surface area contributed by atoms with Gasteiger partial charge in [0, 0.05) is 58.0 Å². The van der Waals surface area contributed by atoms with E-state index in [1.54, 1.807) is 55.4 Å². The van der Waals surface area contributed by atoms with Gasteiger partial charge in [0.05, 0.1) is 47.3 Å². The van der Waals surface area contributed by atoms with E-state index in [-0.39, 0.29) is 18.2 Å². The van der Waals surface area contributed by atoms with E-state index in [2.05, 4.69) is 35.5 Å². The van der Waals surface area contributed by atoms with Crippen molar-refractivity contribution in [1.29, 1.82) is 0 Å². The number of likely N-dealkylation sites (tertiary alicyclic amines) is 1. The number of benzene rings is 3. The number of oxazole rings is 2. The quantitative estimate of drug-likeness (QED) is 0.108. The molecule has 2 N–H and O–H groups in total. The van der Waals surface area contributed by atoms with E-state index in [0.29, 0.717) is 52.1 Å². The Morgan fingerprint density at radius 3 is 1.88 bits per heavy atom. The van der Waals surface area contributed by atoms with Gasteiger partial charge in [-0.25, -0.2) is 9.97 Å². The number of halogens is 2. The van der Waals surface area contributed by atoms with Gasteiger partial charge in [0.2, 0.25) is 11.8 Å². The summed E-state index contributed by atoms with van der Waals surface area (Å²) >= 11 is 13.8. The number of amides is 2. The molecule has 4 aromatic heterocycles. The van der Waals surface area contributed by atoms with Gasteiger partial charge in [-0.2, -0.15) is 0 Å². The average Bonchev–Trinajstić information content (AvgIpc) is 4.08. The van der Waals surface area contributed by atoms with Crippen molar-refractivity contribution in [3.8, 4) is 0 Å². The normalized spacial score (nSPS) is 13.7. The van der Waals surface area contributed by atoms with E-state index >= 15 is 0 Å². The first-order valence-electron chi connectivity index (χ1n) is 19.4. The minimum atomic E-state index is -0.942. The first-order valence-corrected chi connectivity index (χ1v) is 20.2. The lowest BCUT2D eigenvalue weighted by molar-refractivity contribution is -0.121. The molecule has 1 aliphatic rings. The predicted molar refractivity (Wildman–Crippen MR) is 233 cm³/mol. The molecule has 2 atom stereocenters. The van der Waals surface area contributed by atoms with Crippen LogP contribution in [0.25, 0.3) is 0 Å². The molecule has 0 aliphatic carbocycles. The Hall–Kier alpha value is -6.54. The van der Waals surface area contributed by atoms with Gasteiger partial charge in [0.1, 0.15) is 12.5 Å². The van der Waals surface area contributed by atoms with Crippen molar-refractivity contribution in [3.63, 3.8) is 0 Å². The summed E-state index contributed by atoms with van der Waals surface area (Å²) in [4.78, 5) is 52.5. The van der Waals surface area contributed by atoms with Crippen molar-refractivity contribution in [2.75, 3.05) is 33.5 Å². The maximum absolute atomic E-state index is 15.0. The van der Waals surface area contributed by atoms with Crippen LogP contribution in [0.1, 0.15) is 41.9 Å². The van der Waals surface area contributed by atoms with Crippen LogP contribution in [0.3, 0.4) is 0 Å². The fraction of sp³-hybridized carbons (Fsp3) is 0.200. The van der Waals surface area contributed by atoms with E-state index in [1.165, 1.54) is 12.5 Å². The second kappa shape index (κ2) is 18.2. The topological polar surface area (TPSA) is 146 Å². The highest BCUT2D eigenvalue weighted by Crippen LogP contribution is 2.41. The molecule has 5 heterocycles. The molecular formula is C45H41Cl2N9O4. The highest BCUT2D eigenvalue weighted by Gasteiger charge is 2.39. The summed E-state index contributed by atoms with van der Waals surface area (Å²) in [5.74, 6) is -1.60. The van der Waals surface area contributed by atoms with E-state index in [1.807, 2.05) is 84.3 Å². The van der Waals surface area contributed by atoms with Crippen molar-refractivity contribution in [2.45, 2.75) is 45.1 Å². The van der Waals surface area contributed by atoms with Crippen LogP contribution < -0.4 is 20.4 Å². The minimum Gasteiger partial charge on any atom is -0.432 e. The van der Waals surface area contributed by atoms with Gasteiger partial charge in [0.15, 0.2) is 0 Å². The Kier molecular flexibility index (Phi) is 12.2. The summed E-state index contributed by atoms with van der Waals surface area (Å²) in [6.45, 7) is 5.32. The third-order valence-corrected chi connectivity index (χ3v) is 11.1. The zero-order valence-electron chi connectivity index (χ0n) is 32.8. The van der Waals surface area contributed by atoms with Crippen LogP contribution in [-0.4, -0.2) is 55.8 Å². The molecule has 1 fully saturated rings. The third kappa shape index (κ3) is 8.74. The molecule has 0 bridgehead atoms. The van der Waals surface area contributed by atoms with Crippen LogP contribution in [0, 0.1) is 13.8 Å². The molecule has 2 amide bonds. The zero-order chi connectivity index (χ0) is 41.6. The van der Waals surface area contributed by atoms with Gasteiger partial charge in [-0.15, -0.1) is 0 Å². The summed E-state index contributed by atoms with van der Waals surface area (Å²) in [5.41, 5.74) is 6.30. The molecular weight excluding hydrogens is 801 g/mol. The molecule has 13 nitrogen and oxygen atoms in total. The number of pyridine rings is 2. The summed E-state index contributed by atoms with van der Waals surface area (Å²) in [5, 5.41) is 6.94. The lowest BCUT2D eigenvalue weighted by Crippen LogP contribution is -2.45. The summed E-state index contributed by atoms with van der Waals surface area (Å²) in [6, 6.07) is 23.9. The molecule has 2 unspecified atom stereocenters. The second-order valence-electron chi connectivity index (χ2n) is 14.4. The number of carbonyl (C=O) groups is 2. The Morgan fingerprint density at radius 2 is 1.32 bits per heavy atom. The highest BCUT2D eigenvalue weighted by atomic mass is 35.5. The third-order valence-electron chi connectivity index (χ3n) is 10.5. The van der Waals surface area contributed by atoms with Gasteiger partial charge in [-0.3, -0.25) is 34.3 Å². The molecule has 0 saturated carbocycles. The smallest absolute Gasteiger partial charge is 0.306 e. The van der Waals surface area contributed by atoms with Crippen molar-refractivity contribution in [3.05, 3.63) is 155 Å². The molecule has 1 aliphatic heterocycles. The fourth-order valence-electron chi connectivity index (χ4n) is 7.65. The van der Waals surface area contributed by atoms with Gasteiger partial charge >= 0.3 is 12.0 Å². The number of nitrogens with one attached hydrogen (secondary N) is 2. The van der Waals surface area contributed by atoms with Crippen LogP contribution in [0.4, 0.5) is 46.2 Å². The van der Waals surface area contributed by atoms with Gasteiger partial charge < -0.3 is 19.5 Å². The monoisotopic (exact) mass is 841 g/mol. The van der Waals surface area contributed by atoms with Crippen LogP contribution in [0.5, 0.6) is 0 Å². The first kappa shape index (κ1) is 40.2. The Balaban J connectivity index is 1.12. The SMILES string of the molecule is Cc1ccc(NC(=O)CC(C(C(=O)Nc2ccc(C)c(N(c3ccncc3)c3ncco3)c2)c2c(Cl)cccc2Cl)N2CCCC2)cc1N(c1cccnc1)c1ncco1. The summed E-state index contributed by atoms with van der Waals surface area (Å²) < 4.78 is 11.5. The summed E-state index contributed by atoms with van der Waals surface area (Å²) in [6.07, 6.45) is 14.7. The molecule has 3 aromatic carbocycles. The van der Waals surface area contributed by atoms with Gasteiger partial charge in [0.25, 0.3) is 0 Å². The van der Waals surface area contributed by atoms with Gasteiger partial charge in [-0.05, 0) is 112 Å². The number of hydrogen-bond acceptors (Lipinski definition) is 11. The van der Waals surface area contributed by atoms with E-state index in [0.717, 1.165) is 46.7 Å². The van der Waals surface area contributed by atoms with Gasteiger partial charge in [-0.1, -0.05) is 41.4 Å². The highest BCUT2D eigenvalue weighted by molar-refractivity contribution is 6.36. The lowest BCUT2D eigenvalue weighted by atomic mass is 9.86. The molecule has 304 valence electrons. The molecule has 0 spiro atoms. The number of aromatic nitrogens is 4. The minimum absolute atomic E-state index is 0.0337. The lowest BCUT2D eigenvalue weighted by Gasteiger charge is -2.34. The number of carbonyl (C=O) groups excluding carboxylic acids is 2. The van der Waals surface area contributed by atoms with Crippen LogP contribution in [0.15, 0.2) is 137 Å². The molecule has 7 aromatic rings. The number of anilines is 8. The fourth-order valence-corrected chi connectivity index (χ4v) is 8.28. The zero-order valence-corrected chi connectivity index (χ0v) is 34.3. The average molecular weight is 843 g/mol. The Labute approximate surface area is 357 Å². The van der Waals surface area contributed by atoms with E-state index in [4.69, 9.17) is 32.0 Å². The van der Waals surface area contributed by atoms with E-state index in [9.17, 15) is 9.59 Å². The standard InChI is InChI=1S/C45H41Cl2N9O4/c1-29-11-13-32(26-37(29)55(44-50-19-23-59-44)33-14-17-48-18-15-33)53-43(58)42(41-35(46)8-5-9-36(41)47)39(54-21-3-4-22-54)27-40(57)52-31-12-10-30(2)38(25-31)56(45-51-20-24-60-45)34-7-6-16-49-28-34/h5-20,23-26,28,39,42H,3-4,21-22,27H2,1-2H3,(H,52,57)(H,53,58). The van der Waals surface area contributed by atoms with Crippen LogP contribution >= 0.6 is 23.2 Å². The predicted octanol–water partition coefficient (Wildman–Crippen LogP) is 10.5.